The highest BCUT2D eigenvalue weighted by Crippen LogP contribution is 2.30. The third-order valence-electron chi connectivity index (χ3n) is 6.49. The topological polar surface area (TPSA) is 105 Å². The van der Waals surface area contributed by atoms with Gasteiger partial charge in [0, 0.05) is 62.6 Å². The lowest BCUT2D eigenvalue weighted by atomic mass is 10.1. The number of benzene rings is 1. The second-order valence-corrected chi connectivity index (χ2v) is 11.7. The second kappa shape index (κ2) is 11.7. The van der Waals surface area contributed by atoms with Crippen LogP contribution in [0.4, 0.5) is 22.7 Å². The van der Waals surface area contributed by atoms with Crippen molar-refractivity contribution in [2.45, 2.75) is 32.1 Å². The van der Waals surface area contributed by atoms with Crippen LogP contribution in [0.25, 0.3) is 6.20 Å². The number of nitrogens with one attached hydrogen (secondary N) is 2. The number of rotatable bonds is 8. The largest absolute Gasteiger partial charge is 0.382 e. The molecule has 16 heteroatoms. The Hall–Kier alpha value is -3.21. The maximum atomic E-state index is 13.2. The molecule has 216 valence electrons. The van der Waals surface area contributed by atoms with Crippen LogP contribution < -0.4 is 19.7 Å². The van der Waals surface area contributed by atoms with Gasteiger partial charge >= 0.3 is 10.1 Å². The highest BCUT2D eigenvalue weighted by atomic mass is 32.2. The SMILES string of the molecule is CS(=O)(=O)Oc1cccc2c1CNC(c1csc(N3CCN(C=Cn4nc(C(F)F)cc4C(F)F)CC3)n1)NC2. The maximum Gasteiger partial charge on any atom is 0.306 e. The molecule has 5 rings (SSSR count). The quantitative estimate of drug-likeness (QED) is 0.296. The summed E-state index contributed by atoms with van der Waals surface area (Å²) in [6, 6.07) is 6.02. The van der Waals surface area contributed by atoms with Crippen LogP contribution >= 0.6 is 11.3 Å². The number of aromatic nitrogens is 3. The Morgan fingerprint density at radius 1 is 1.07 bits per heavy atom. The van der Waals surface area contributed by atoms with E-state index in [4.69, 9.17) is 9.17 Å². The number of hydrogen-bond acceptors (Lipinski definition) is 10. The third-order valence-corrected chi connectivity index (χ3v) is 7.89. The Labute approximate surface area is 232 Å². The lowest BCUT2D eigenvalue weighted by Gasteiger charge is -2.33. The first-order valence-electron chi connectivity index (χ1n) is 12.3. The summed E-state index contributed by atoms with van der Waals surface area (Å²) in [4.78, 5) is 8.83. The van der Waals surface area contributed by atoms with Crippen molar-refractivity contribution in [2.24, 2.45) is 0 Å². The number of nitrogens with zero attached hydrogens (tertiary/aromatic N) is 5. The zero-order chi connectivity index (χ0) is 28.4. The van der Waals surface area contributed by atoms with Crippen molar-refractivity contribution in [2.75, 3.05) is 37.3 Å². The number of hydrogen-bond donors (Lipinski definition) is 2. The first kappa shape index (κ1) is 28.3. The van der Waals surface area contributed by atoms with Gasteiger partial charge < -0.3 is 14.0 Å². The molecule has 0 radical (unpaired) electrons. The van der Waals surface area contributed by atoms with Crippen LogP contribution in [0.2, 0.25) is 0 Å². The number of alkyl halides is 4. The maximum absolute atomic E-state index is 13.2. The fraction of sp³-hybridized carbons (Fsp3) is 0.417. The monoisotopic (exact) mass is 601 g/mol. The van der Waals surface area contributed by atoms with Crippen LogP contribution in [-0.2, 0) is 23.2 Å². The standard InChI is InChI=1S/C24H27F4N7O3S2/c1-40(36,37)38-20-4-2-3-15-12-29-23(30-13-16(15)20)18-14-39-24(31-18)34-8-5-33(6-9-34)7-10-35-19(22(27)28)11-17(32-35)21(25)26/h2-4,7,10-11,14,21-23,29-30H,5-6,8-9,12-13H2,1H3. The highest BCUT2D eigenvalue weighted by molar-refractivity contribution is 7.86. The van der Waals surface area contributed by atoms with Gasteiger partial charge in [-0.25, -0.2) is 27.2 Å². The molecule has 2 N–H and O–H groups in total. The van der Waals surface area contributed by atoms with E-state index in [1.54, 1.807) is 18.3 Å². The van der Waals surface area contributed by atoms with Gasteiger partial charge in [0.1, 0.15) is 23.3 Å². The Bertz CT molecular complexity index is 1470. The van der Waals surface area contributed by atoms with Gasteiger partial charge in [-0.2, -0.15) is 13.5 Å². The molecule has 2 aliphatic rings. The molecule has 3 aromatic rings. The number of piperazine rings is 1. The first-order valence-corrected chi connectivity index (χ1v) is 15.0. The Morgan fingerprint density at radius 2 is 1.82 bits per heavy atom. The molecule has 4 heterocycles. The number of anilines is 1. The molecule has 0 spiro atoms. The summed E-state index contributed by atoms with van der Waals surface area (Å²) in [5.41, 5.74) is 1.23. The fourth-order valence-corrected chi connectivity index (χ4v) is 5.89. The summed E-state index contributed by atoms with van der Waals surface area (Å²) in [7, 11) is -3.66. The van der Waals surface area contributed by atoms with Gasteiger partial charge in [-0.1, -0.05) is 12.1 Å². The molecule has 0 amide bonds. The highest BCUT2D eigenvalue weighted by Gasteiger charge is 2.25. The molecule has 1 saturated heterocycles. The zero-order valence-electron chi connectivity index (χ0n) is 21.3. The normalized spacial score (nSPS) is 18.5. The van der Waals surface area contributed by atoms with E-state index in [2.05, 4.69) is 20.6 Å². The molecular weight excluding hydrogens is 574 g/mol. The average molecular weight is 602 g/mol. The van der Waals surface area contributed by atoms with Crippen molar-refractivity contribution in [1.82, 2.24) is 30.3 Å². The van der Waals surface area contributed by atoms with E-state index in [1.165, 1.54) is 17.5 Å². The van der Waals surface area contributed by atoms with Crippen LogP contribution in [0, 0.1) is 0 Å². The van der Waals surface area contributed by atoms with Crippen molar-refractivity contribution in [3.8, 4) is 5.75 Å². The van der Waals surface area contributed by atoms with Gasteiger partial charge in [-0.05, 0) is 17.7 Å². The van der Waals surface area contributed by atoms with Crippen LogP contribution in [0.1, 0.15) is 47.2 Å². The van der Waals surface area contributed by atoms with Crippen LogP contribution in [0.5, 0.6) is 5.75 Å². The summed E-state index contributed by atoms with van der Waals surface area (Å²) >= 11 is 1.50. The van der Waals surface area contributed by atoms with E-state index >= 15 is 0 Å². The number of thiazole rings is 1. The molecule has 1 aromatic carbocycles. The van der Waals surface area contributed by atoms with Gasteiger partial charge in [0.2, 0.25) is 0 Å². The van der Waals surface area contributed by atoms with Gasteiger partial charge in [-0.15, -0.1) is 11.3 Å². The molecule has 0 bridgehead atoms. The Balaban J connectivity index is 1.19. The minimum atomic E-state index is -3.66. The van der Waals surface area contributed by atoms with Gasteiger partial charge in [0.05, 0.1) is 11.9 Å². The van der Waals surface area contributed by atoms with E-state index in [0.717, 1.165) is 39.0 Å². The molecule has 1 unspecified atom stereocenters. The van der Waals surface area contributed by atoms with Gasteiger partial charge in [0.25, 0.3) is 12.9 Å². The lowest BCUT2D eigenvalue weighted by molar-refractivity contribution is 0.143. The third kappa shape index (κ3) is 6.56. The van der Waals surface area contributed by atoms with Crippen molar-refractivity contribution in [3.05, 3.63) is 64.1 Å². The van der Waals surface area contributed by atoms with Crippen LogP contribution in [0.3, 0.4) is 0 Å². The fourth-order valence-electron chi connectivity index (χ4n) is 4.51. The minimum Gasteiger partial charge on any atom is -0.382 e. The van der Waals surface area contributed by atoms with Crippen LogP contribution in [0.15, 0.2) is 35.8 Å². The average Bonchev–Trinajstić information content (AvgIpc) is 3.51. The van der Waals surface area contributed by atoms with Crippen molar-refractivity contribution in [3.63, 3.8) is 0 Å². The van der Waals surface area contributed by atoms with Gasteiger partial charge in [-0.3, -0.25) is 10.6 Å². The lowest BCUT2D eigenvalue weighted by Crippen LogP contribution is -2.44. The molecule has 1 fully saturated rings. The van der Waals surface area contributed by atoms with Crippen molar-refractivity contribution < 1.29 is 30.2 Å². The van der Waals surface area contributed by atoms with E-state index in [9.17, 15) is 26.0 Å². The van der Waals surface area contributed by atoms with Crippen molar-refractivity contribution in [1.29, 1.82) is 0 Å². The molecule has 2 aromatic heterocycles. The summed E-state index contributed by atoms with van der Waals surface area (Å²) in [6.07, 6.45) is -2.24. The predicted octanol–water partition coefficient (Wildman–Crippen LogP) is 3.70. The summed E-state index contributed by atoms with van der Waals surface area (Å²) in [5.74, 6) is 0.299. The molecule has 0 aliphatic carbocycles. The molecule has 10 nitrogen and oxygen atoms in total. The van der Waals surface area contributed by atoms with E-state index in [1.807, 2.05) is 16.3 Å². The van der Waals surface area contributed by atoms with E-state index in [-0.39, 0.29) is 6.17 Å². The Morgan fingerprint density at radius 3 is 2.52 bits per heavy atom. The van der Waals surface area contributed by atoms with Crippen molar-refractivity contribution >= 4 is 32.8 Å². The molecule has 1 atom stereocenters. The van der Waals surface area contributed by atoms with Gasteiger partial charge in [0.15, 0.2) is 5.13 Å². The predicted molar refractivity (Wildman–Crippen MR) is 142 cm³/mol. The zero-order valence-corrected chi connectivity index (χ0v) is 22.9. The summed E-state index contributed by atoms with van der Waals surface area (Å²) in [6.45, 7) is 3.30. The first-order chi connectivity index (χ1) is 19.1. The molecular formula is C24H27F4N7O3S2. The van der Waals surface area contributed by atoms with E-state index < -0.39 is 34.4 Å². The number of fused-ring (bicyclic) bond motifs is 1. The second-order valence-electron chi connectivity index (χ2n) is 9.29. The smallest absolute Gasteiger partial charge is 0.306 e. The van der Waals surface area contributed by atoms with Crippen LogP contribution in [-0.4, -0.2) is 60.5 Å². The molecule has 0 saturated carbocycles. The number of halogens is 4. The minimum absolute atomic E-state index is 0.260. The molecule has 2 aliphatic heterocycles. The summed E-state index contributed by atoms with van der Waals surface area (Å²) in [5, 5.41) is 13.1. The summed E-state index contributed by atoms with van der Waals surface area (Å²) < 4.78 is 81.5. The Kier molecular flexibility index (Phi) is 8.30. The van der Waals surface area contributed by atoms with E-state index in [0.29, 0.717) is 45.0 Å². The molecule has 40 heavy (non-hydrogen) atoms.